The van der Waals surface area contributed by atoms with Gasteiger partial charge in [0, 0.05) is 18.8 Å². The van der Waals surface area contributed by atoms with Crippen molar-refractivity contribution >= 4 is 43.4 Å². The van der Waals surface area contributed by atoms with Gasteiger partial charge in [-0.1, -0.05) is 140 Å². The molecule has 2 nitrogen and oxygen atoms in total. The molecule has 0 spiro atoms. The van der Waals surface area contributed by atoms with Gasteiger partial charge in [0.2, 0.25) is 0 Å². The number of nitrogens with zero attached hydrogens (tertiary/aromatic N) is 2. The highest BCUT2D eigenvalue weighted by Crippen LogP contribution is 2.52. The van der Waals surface area contributed by atoms with Crippen molar-refractivity contribution in [3.8, 4) is 50.2 Å². The van der Waals surface area contributed by atoms with Gasteiger partial charge in [0.05, 0.1) is 16.7 Å². The van der Waals surface area contributed by atoms with E-state index in [0.29, 0.717) is 16.7 Å². The van der Waals surface area contributed by atoms with Gasteiger partial charge in [-0.25, -0.2) is 4.98 Å². The van der Waals surface area contributed by atoms with E-state index >= 15 is 0 Å². The molecule has 0 radical (unpaired) electrons. The fourth-order valence-corrected chi connectivity index (χ4v) is 7.97. The zero-order chi connectivity index (χ0) is 35.4. The lowest BCUT2D eigenvalue weighted by molar-refractivity contribution is 0.909. The van der Waals surface area contributed by atoms with E-state index in [1.807, 2.05) is 42.5 Å². The van der Waals surface area contributed by atoms with Gasteiger partial charge in [0.1, 0.15) is 5.82 Å². The summed E-state index contributed by atoms with van der Waals surface area (Å²) >= 11 is 0. The second-order valence-electron chi connectivity index (χ2n) is 12.2. The Hall–Kier alpha value is -5.99. The van der Waals surface area contributed by atoms with Crippen molar-refractivity contribution in [3.05, 3.63) is 157 Å². The molecule has 2 heteroatoms. The Morgan fingerprint density at radius 3 is 1.70 bits per heavy atom. The lowest BCUT2D eigenvalue weighted by Gasteiger charge is -2.21. The van der Waals surface area contributed by atoms with Crippen LogP contribution in [0.4, 0.5) is 0 Å². The summed E-state index contributed by atoms with van der Waals surface area (Å²) in [5.74, 6) is -0.153. The Labute approximate surface area is 280 Å². The minimum atomic E-state index is -2.94. The first kappa shape index (κ1) is 21.7. The number of benzene rings is 8. The van der Waals surface area contributed by atoms with Gasteiger partial charge >= 0.3 is 0 Å². The van der Waals surface area contributed by atoms with Crippen molar-refractivity contribution in [3.63, 3.8) is 0 Å². The Morgan fingerprint density at radius 2 is 1.00 bits per heavy atom. The Balaban J connectivity index is 1.30. The molecule has 0 amide bonds. The van der Waals surface area contributed by atoms with Crippen LogP contribution in [0.3, 0.4) is 0 Å². The highest BCUT2D eigenvalue weighted by molar-refractivity contribution is 6.26. The SMILES string of the molecule is [2H]C([2H])([2H])C([2H])([2H])c1nc2ccccc2n1-c1ccccc1-c1c2ccccc2c(-c2ccc3c4c(cccc24)-c2ccccc2-3)c2ccccc12. The van der Waals surface area contributed by atoms with Crippen molar-refractivity contribution in [2.75, 3.05) is 0 Å². The van der Waals surface area contributed by atoms with E-state index in [9.17, 15) is 0 Å². The van der Waals surface area contributed by atoms with Crippen LogP contribution in [0.2, 0.25) is 0 Å². The summed E-state index contributed by atoms with van der Waals surface area (Å²) in [5, 5.41) is 6.74. The molecule has 1 aliphatic carbocycles. The third-order valence-electron chi connectivity index (χ3n) is 9.84. The highest BCUT2D eigenvalue weighted by atomic mass is 15.1. The van der Waals surface area contributed by atoms with Gasteiger partial charge in [0.15, 0.2) is 0 Å². The van der Waals surface area contributed by atoms with Crippen LogP contribution in [0.1, 0.15) is 19.5 Å². The molecule has 1 heterocycles. The molecule has 0 N–H and O–H groups in total. The Bertz CT molecular complexity index is 2850. The molecule has 0 bridgehead atoms. The summed E-state index contributed by atoms with van der Waals surface area (Å²) in [7, 11) is 0. The third kappa shape index (κ3) is 3.64. The number of imidazole rings is 1. The largest absolute Gasteiger partial charge is 0.296 e. The normalized spacial score (nSPS) is 14.2. The minimum absolute atomic E-state index is 0.153. The summed E-state index contributed by atoms with van der Waals surface area (Å²) in [5.41, 5.74) is 11.0. The summed E-state index contributed by atoms with van der Waals surface area (Å²) in [6, 6.07) is 52.0. The number of aryl methyl sites for hydroxylation is 1. The molecule has 1 aromatic heterocycles. The molecule has 0 saturated heterocycles. The average molecular weight is 604 g/mol. The summed E-state index contributed by atoms with van der Waals surface area (Å²) < 4.78 is 44.0. The van der Waals surface area contributed by atoms with Gasteiger partial charge in [-0.15, -0.1) is 0 Å². The van der Waals surface area contributed by atoms with Crippen molar-refractivity contribution in [2.24, 2.45) is 0 Å². The van der Waals surface area contributed by atoms with Gasteiger partial charge < -0.3 is 0 Å². The number of rotatable bonds is 4. The molecule has 9 aromatic rings. The number of hydrogen-bond acceptors (Lipinski definition) is 1. The Morgan fingerprint density at radius 1 is 0.489 bits per heavy atom. The van der Waals surface area contributed by atoms with Crippen molar-refractivity contribution in [1.82, 2.24) is 9.55 Å². The minimum Gasteiger partial charge on any atom is -0.296 e. The quantitative estimate of drug-likeness (QED) is 0.183. The van der Waals surface area contributed by atoms with Crippen LogP contribution in [0.15, 0.2) is 152 Å². The van der Waals surface area contributed by atoms with Crippen LogP contribution >= 0.6 is 0 Å². The number of aromatic nitrogens is 2. The van der Waals surface area contributed by atoms with Crippen molar-refractivity contribution in [2.45, 2.75) is 13.2 Å². The molecule has 0 saturated carbocycles. The molecular formula is C45H30N2. The van der Waals surface area contributed by atoms with Crippen LogP contribution in [0.25, 0.3) is 93.5 Å². The Kier molecular flexibility index (Phi) is 4.62. The molecule has 0 aliphatic heterocycles. The first-order chi connectivity index (χ1) is 25.2. The maximum absolute atomic E-state index is 8.87. The predicted molar refractivity (Wildman–Crippen MR) is 198 cm³/mol. The molecule has 8 aromatic carbocycles. The zero-order valence-corrected chi connectivity index (χ0v) is 25.3. The molecule has 0 atom stereocenters. The van der Waals surface area contributed by atoms with Gasteiger partial charge in [-0.2, -0.15) is 0 Å². The topological polar surface area (TPSA) is 17.8 Å². The van der Waals surface area contributed by atoms with Gasteiger partial charge in [-0.05, 0) is 89.5 Å². The van der Waals surface area contributed by atoms with Crippen molar-refractivity contribution < 1.29 is 6.85 Å². The van der Waals surface area contributed by atoms with Gasteiger partial charge in [0.25, 0.3) is 0 Å². The predicted octanol–water partition coefficient (Wildman–Crippen LogP) is 12.0. The monoisotopic (exact) mass is 603 g/mol. The first-order valence-electron chi connectivity index (χ1n) is 18.4. The van der Waals surface area contributed by atoms with Crippen LogP contribution in [-0.4, -0.2) is 9.55 Å². The highest BCUT2D eigenvalue weighted by Gasteiger charge is 2.25. The lowest BCUT2D eigenvalue weighted by Crippen LogP contribution is -2.03. The van der Waals surface area contributed by atoms with Crippen LogP contribution < -0.4 is 0 Å². The fraction of sp³-hybridized carbons (Fsp3) is 0.0444. The maximum Gasteiger partial charge on any atom is 0.114 e. The van der Waals surface area contributed by atoms with E-state index < -0.39 is 13.2 Å². The standard InChI is InChI=1S/C45H30N2/c1-2-42-46-39-23-10-12-25-41(39)47(42)40-24-11-9-20-38(40)45-33-18-7-5-16-31(33)44(32-17-6-8-19-34(32)45)37-27-26-36-29-15-4-3-14-28(29)30-21-13-22-35(37)43(30)36/h3-27H,2H2,1H3/i1D3,2D2. The second kappa shape index (κ2) is 10.0. The van der Waals surface area contributed by atoms with E-state index in [4.69, 9.17) is 6.85 Å². The molecule has 0 fully saturated rings. The molecule has 1 aliphatic rings. The fourth-order valence-electron chi connectivity index (χ4n) is 7.97. The summed E-state index contributed by atoms with van der Waals surface area (Å²) in [6.07, 6.45) is -2.72. The molecular weight excluding hydrogens is 569 g/mol. The summed E-state index contributed by atoms with van der Waals surface area (Å²) in [4.78, 5) is 4.63. The van der Waals surface area contributed by atoms with Gasteiger partial charge in [-0.3, -0.25) is 4.57 Å². The van der Waals surface area contributed by atoms with Crippen LogP contribution in [0, 0.1) is 0 Å². The molecule has 47 heavy (non-hydrogen) atoms. The number of fused-ring (bicyclic) bond motifs is 6. The van der Waals surface area contributed by atoms with E-state index in [-0.39, 0.29) is 5.82 Å². The van der Waals surface area contributed by atoms with Crippen LogP contribution in [-0.2, 0) is 6.37 Å². The maximum atomic E-state index is 8.87. The van der Waals surface area contributed by atoms with Crippen molar-refractivity contribution in [1.29, 1.82) is 0 Å². The van der Waals surface area contributed by atoms with E-state index in [2.05, 4.69) is 108 Å². The number of para-hydroxylation sites is 3. The van der Waals surface area contributed by atoms with E-state index in [0.717, 1.165) is 43.8 Å². The molecule has 220 valence electrons. The van der Waals surface area contributed by atoms with E-state index in [1.165, 1.54) is 33.0 Å². The third-order valence-corrected chi connectivity index (χ3v) is 9.84. The molecule has 0 unspecified atom stereocenters. The average Bonchev–Trinajstić information content (AvgIpc) is 3.72. The smallest absolute Gasteiger partial charge is 0.114 e. The lowest BCUT2D eigenvalue weighted by atomic mass is 9.84. The van der Waals surface area contributed by atoms with E-state index in [1.54, 1.807) is 10.6 Å². The zero-order valence-electron chi connectivity index (χ0n) is 30.3. The first-order valence-corrected chi connectivity index (χ1v) is 15.9. The number of hydrogen-bond donors (Lipinski definition) is 0. The van der Waals surface area contributed by atoms with Crippen LogP contribution in [0.5, 0.6) is 0 Å². The molecule has 10 rings (SSSR count). The second-order valence-corrected chi connectivity index (χ2v) is 12.2. The summed E-state index contributed by atoms with van der Waals surface area (Å²) in [6.45, 7) is -2.94.